The Morgan fingerprint density at radius 2 is 1.83 bits per heavy atom. The lowest BCUT2D eigenvalue weighted by molar-refractivity contribution is -0.146. The molecule has 0 aliphatic carbocycles. The van der Waals surface area contributed by atoms with Crippen LogP contribution in [-0.2, 0) is 16.0 Å². The number of aliphatic hydroxyl groups excluding tert-OH is 1. The fourth-order valence-electron chi connectivity index (χ4n) is 3.78. The molecule has 1 aliphatic rings. The number of phenolic OH excluding ortho intramolecular Hbond substituents is 1. The number of para-hydroxylation sites is 1. The van der Waals surface area contributed by atoms with Crippen LogP contribution in [0.1, 0.15) is 36.7 Å². The maximum Gasteiger partial charge on any atom is 0.254 e. The van der Waals surface area contributed by atoms with Crippen LogP contribution in [0.15, 0.2) is 48.5 Å². The van der Waals surface area contributed by atoms with Gasteiger partial charge in [0, 0.05) is 11.3 Å². The van der Waals surface area contributed by atoms with Crippen molar-refractivity contribution in [2.24, 2.45) is 0 Å². The largest absolute Gasteiger partial charge is 0.506 e. The highest BCUT2D eigenvalue weighted by Crippen LogP contribution is 2.25. The van der Waals surface area contributed by atoms with Crippen molar-refractivity contribution in [1.29, 1.82) is 0 Å². The summed E-state index contributed by atoms with van der Waals surface area (Å²) in [6.07, 6.45) is -1.45. The number of nitrogens with two attached hydrogens (primary N) is 1. The van der Waals surface area contributed by atoms with Gasteiger partial charge in [-0.05, 0) is 44.9 Å². The predicted molar refractivity (Wildman–Crippen MR) is 136 cm³/mol. The molecule has 1 fully saturated rings. The van der Waals surface area contributed by atoms with Gasteiger partial charge in [-0.25, -0.2) is 0 Å². The van der Waals surface area contributed by atoms with Gasteiger partial charge in [0.25, 0.3) is 11.8 Å². The predicted octanol–water partition coefficient (Wildman–Crippen LogP) is 1.49. The second kappa shape index (κ2) is 11.0. The van der Waals surface area contributed by atoms with Crippen molar-refractivity contribution in [3.63, 3.8) is 0 Å². The molecule has 35 heavy (non-hydrogen) atoms. The monoisotopic (exact) mass is 500 g/mol. The molecule has 6 N–H and O–H groups in total. The average Bonchev–Trinajstić information content (AvgIpc) is 3.29. The minimum absolute atomic E-state index is 0.0295. The van der Waals surface area contributed by atoms with Gasteiger partial charge >= 0.3 is 0 Å². The molecule has 3 rings (SSSR count). The zero-order valence-corrected chi connectivity index (χ0v) is 20.8. The van der Waals surface area contributed by atoms with E-state index in [4.69, 9.17) is 5.73 Å². The number of nitrogens with zero attached hydrogens (tertiary/aromatic N) is 1. The Morgan fingerprint density at radius 3 is 2.49 bits per heavy atom. The molecule has 1 saturated heterocycles. The highest BCUT2D eigenvalue weighted by molar-refractivity contribution is 7.99. The SMILES string of the molecule is CC(C)(C)NC(=O)C1CSCN1C(=O)[C@@H](O)[C@H](Cc1ccccc1)NC(=O)c1cccc(O)c1N. The molecule has 188 valence electrons. The van der Waals surface area contributed by atoms with E-state index in [0.29, 0.717) is 5.75 Å². The van der Waals surface area contributed by atoms with Crippen LogP contribution >= 0.6 is 11.8 Å². The smallest absolute Gasteiger partial charge is 0.254 e. The number of amides is 3. The minimum atomic E-state index is -1.61. The molecular weight excluding hydrogens is 468 g/mol. The fourth-order valence-corrected chi connectivity index (χ4v) is 4.94. The molecule has 0 bridgehead atoms. The first-order chi connectivity index (χ1) is 16.5. The Labute approximate surface area is 209 Å². The Kier molecular flexibility index (Phi) is 8.29. The number of aromatic hydroxyl groups is 1. The second-order valence-corrected chi connectivity index (χ2v) is 10.5. The molecule has 0 saturated carbocycles. The van der Waals surface area contributed by atoms with Crippen molar-refractivity contribution >= 4 is 35.2 Å². The third-order valence-electron chi connectivity index (χ3n) is 5.54. The van der Waals surface area contributed by atoms with Crippen LogP contribution < -0.4 is 16.4 Å². The normalized spacial score (nSPS) is 17.5. The van der Waals surface area contributed by atoms with Gasteiger partial charge < -0.3 is 31.5 Å². The zero-order valence-electron chi connectivity index (χ0n) is 20.0. The van der Waals surface area contributed by atoms with E-state index >= 15 is 0 Å². The Bertz CT molecular complexity index is 1070. The number of benzene rings is 2. The average molecular weight is 501 g/mol. The molecule has 1 unspecified atom stereocenters. The zero-order chi connectivity index (χ0) is 25.8. The number of nitrogen functional groups attached to an aromatic ring is 1. The molecule has 2 aromatic carbocycles. The molecule has 10 heteroatoms. The van der Waals surface area contributed by atoms with E-state index < -0.39 is 35.5 Å². The molecule has 0 radical (unpaired) electrons. The van der Waals surface area contributed by atoms with Crippen molar-refractivity contribution in [3.05, 3.63) is 59.7 Å². The van der Waals surface area contributed by atoms with Crippen LogP contribution in [0.2, 0.25) is 0 Å². The number of nitrogens with one attached hydrogen (secondary N) is 2. The minimum Gasteiger partial charge on any atom is -0.506 e. The number of aliphatic hydroxyl groups is 1. The highest BCUT2D eigenvalue weighted by Gasteiger charge is 2.40. The van der Waals surface area contributed by atoms with E-state index in [1.54, 1.807) is 0 Å². The van der Waals surface area contributed by atoms with Crippen LogP contribution in [0.3, 0.4) is 0 Å². The Hall–Kier alpha value is -3.24. The first-order valence-corrected chi connectivity index (χ1v) is 12.4. The maximum absolute atomic E-state index is 13.4. The molecular formula is C25H32N4O5S. The quantitative estimate of drug-likeness (QED) is 0.286. The molecule has 9 nitrogen and oxygen atoms in total. The van der Waals surface area contributed by atoms with E-state index in [1.807, 2.05) is 51.1 Å². The first kappa shape index (κ1) is 26.4. The molecule has 0 aromatic heterocycles. The van der Waals surface area contributed by atoms with Crippen molar-refractivity contribution in [3.8, 4) is 5.75 Å². The van der Waals surface area contributed by atoms with Crippen molar-refractivity contribution in [2.75, 3.05) is 17.4 Å². The molecule has 2 aromatic rings. The molecule has 1 aliphatic heterocycles. The number of thioether (sulfide) groups is 1. The van der Waals surface area contributed by atoms with E-state index in [1.165, 1.54) is 34.9 Å². The van der Waals surface area contributed by atoms with Gasteiger partial charge in [-0.2, -0.15) is 0 Å². The third-order valence-corrected chi connectivity index (χ3v) is 6.56. The van der Waals surface area contributed by atoms with E-state index in [-0.39, 0.29) is 35.2 Å². The summed E-state index contributed by atoms with van der Waals surface area (Å²) in [6, 6.07) is 11.7. The van der Waals surface area contributed by atoms with Crippen LogP contribution in [-0.4, -0.2) is 68.2 Å². The van der Waals surface area contributed by atoms with E-state index in [0.717, 1.165) is 5.56 Å². The highest BCUT2D eigenvalue weighted by atomic mass is 32.2. The third kappa shape index (κ3) is 6.67. The molecule has 1 heterocycles. The number of hydrogen-bond acceptors (Lipinski definition) is 7. The first-order valence-electron chi connectivity index (χ1n) is 11.3. The summed E-state index contributed by atoms with van der Waals surface area (Å²) in [6.45, 7) is 5.56. The number of rotatable bonds is 7. The van der Waals surface area contributed by atoms with Crippen molar-refractivity contribution in [2.45, 2.75) is 50.9 Å². The van der Waals surface area contributed by atoms with E-state index in [2.05, 4.69) is 10.6 Å². The van der Waals surface area contributed by atoms with Crippen molar-refractivity contribution in [1.82, 2.24) is 15.5 Å². The number of carbonyl (C=O) groups is 3. The van der Waals surface area contributed by atoms with Crippen molar-refractivity contribution < 1.29 is 24.6 Å². The van der Waals surface area contributed by atoms with Gasteiger partial charge in [0.2, 0.25) is 5.91 Å². The number of hydrogen-bond donors (Lipinski definition) is 5. The van der Waals surface area contributed by atoms with Gasteiger partial charge in [0.15, 0.2) is 6.10 Å². The fraction of sp³-hybridized carbons (Fsp3) is 0.400. The summed E-state index contributed by atoms with van der Waals surface area (Å²) in [5.41, 5.74) is 6.11. The maximum atomic E-state index is 13.4. The number of anilines is 1. The molecule has 0 spiro atoms. The topological polar surface area (TPSA) is 145 Å². The van der Waals surface area contributed by atoms with Gasteiger partial charge in [0.1, 0.15) is 11.8 Å². The van der Waals surface area contributed by atoms with E-state index in [9.17, 15) is 24.6 Å². The Morgan fingerprint density at radius 1 is 1.14 bits per heavy atom. The lowest BCUT2D eigenvalue weighted by Gasteiger charge is -2.31. The lowest BCUT2D eigenvalue weighted by Crippen LogP contribution is -2.57. The summed E-state index contributed by atoms with van der Waals surface area (Å²) < 4.78 is 0. The number of carbonyl (C=O) groups excluding carboxylic acids is 3. The molecule has 3 amide bonds. The van der Waals surface area contributed by atoms with Gasteiger partial charge in [-0.15, -0.1) is 11.8 Å². The standard InChI is InChI=1S/C25H32N4O5S/c1-25(2,3)28-23(33)18-13-35-14-29(18)24(34)21(31)17(12-15-8-5-4-6-9-15)27-22(32)16-10-7-11-19(30)20(16)26/h4-11,17-18,21,30-31H,12-14,26H2,1-3H3,(H,27,32)(H,28,33)/t17-,18?,21-/m0/s1. The molecule has 3 atom stereocenters. The second-order valence-electron chi connectivity index (χ2n) is 9.52. The van der Waals surface area contributed by atoms with Crippen LogP contribution in [0.4, 0.5) is 5.69 Å². The number of phenols is 1. The van der Waals surface area contributed by atoms with Crippen LogP contribution in [0.5, 0.6) is 5.75 Å². The summed E-state index contributed by atoms with van der Waals surface area (Å²) in [4.78, 5) is 40.5. The Balaban J connectivity index is 1.83. The summed E-state index contributed by atoms with van der Waals surface area (Å²) in [5.74, 6) is -1.15. The lowest BCUT2D eigenvalue weighted by atomic mass is 9.99. The van der Waals surface area contributed by atoms with Crippen LogP contribution in [0, 0.1) is 0 Å². The van der Waals surface area contributed by atoms with Gasteiger partial charge in [0.05, 0.1) is 23.2 Å². The summed E-state index contributed by atoms with van der Waals surface area (Å²) >= 11 is 1.42. The van der Waals surface area contributed by atoms with Gasteiger partial charge in [-0.1, -0.05) is 36.4 Å². The van der Waals surface area contributed by atoms with Gasteiger partial charge in [-0.3, -0.25) is 14.4 Å². The summed E-state index contributed by atoms with van der Waals surface area (Å²) in [7, 11) is 0. The van der Waals surface area contributed by atoms with Crippen LogP contribution in [0.25, 0.3) is 0 Å². The summed E-state index contributed by atoms with van der Waals surface area (Å²) in [5, 5.41) is 26.6.